The second-order valence-electron chi connectivity index (χ2n) is 6.00. The van der Waals surface area contributed by atoms with Crippen molar-refractivity contribution in [1.82, 2.24) is 0 Å². The van der Waals surface area contributed by atoms with Gasteiger partial charge in [-0.25, -0.2) is 4.39 Å². The maximum absolute atomic E-state index is 13.2. The highest BCUT2D eigenvalue weighted by molar-refractivity contribution is 9.09. The molecule has 2 fully saturated rings. The topological polar surface area (TPSA) is 0 Å². The Labute approximate surface area is 121 Å². The fourth-order valence-corrected chi connectivity index (χ4v) is 5.13. The third-order valence-electron chi connectivity index (χ3n) is 4.91. The van der Waals surface area contributed by atoms with Gasteiger partial charge in [-0.1, -0.05) is 40.0 Å². The van der Waals surface area contributed by atoms with Crippen LogP contribution in [0.1, 0.15) is 31.2 Å². The summed E-state index contributed by atoms with van der Waals surface area (Å²) in [6.45, 7) is 0. The molecule has 3 heteroatoms. The maximum Gasteiger partial charge on any atom is 0.141 e. The SMILES string of the molecule is Fc1ccc(CC2(CBr)CC3CCC2C3)cc1Cl. The first-order valence-corrected chi connectivity index (χ1v) is 8.13. The summed E-state index contributed by atoms with van der Waals surface area (Å²) in [5.41, 5.74) is 1.55. The highest BCUT2D eigenvalue weighted by Crippen LogP contribution is 2.58. The Hall–Kier alpha value is -0.0800. The summed E-state index contributed by atoms with van der Waals surface area (Å²) in [7, 11) is 0. The lowest BCUT2D eigenvalue weighted by Crippen LogP contribution is -2.32. The van der Waals surface area contributed by atoms with Crippen LogP contribution in [0.2, 0.25) is 5.02 Å². The number of rotatable bonds is 3. The van der Waals surface area contributed by atoms with Crippen LogP contribution in [-0.4, -0.2) is 5.33 Å². The number of hydrogen-bond acceptors (Lipinski definition) is 0. The van der Waals surface area contributed by atoms with Crippen molar-refractivity contribution in [3.63, 3.8) is 0 Å². The van der Waals surface area contributed by atoms with Gasteiger partial charge in [-0.15, -0.1) is 0 Å². The van der Waals surface area contributed by atoms with Gasteiger partial charge in [-0.05, 0) is 60.6 Å². The number of hydrogen-bond donors (Lipinski definition) is 0. The molecule has 2 bridgehead atoms. The van der Waals surface area contributed by atoms with Gasteiger partial charge >= 0.3 is 0 Å². The van der Waals surface area contributed by atoms with Gasteiger partial charge in [-0.3, -0.25) is 0 Å². The van der Waals surface area contributed by atoms with Gasteiger partial charge in [0.2, 0.25) is 0 Å². The van der Waals surface area contributed by atoms with Crippen molar-refractivity contribution >= 4 is 27.5 Å². The van der Waals surface area contributed by atoms with Gasteiger partial charge in [0.05, 0.1) is 5.02 Å². The van der Waals surface area contributed by atoms with E-state index in [0.29, 0.717) is 5.41 Å². The van der Waals surface area contributed by atoms with Crippen molar-refractivity contribution in [3.8, 4) is 0 Å². The van der Waals surface area contributed by atoms with E-state index in [-0.39, 0.29) is 10.8 Å². The minimum Gasteiger partial charge on any atom is -0.205 e. The summed E-state index contributed by atoms with van der Waals surface area (Å²) in [5.74, 6) is 1.44. The lowest BCUT2D eigenvalue weighted by molar-refractivity contribution is 0.197. The molecule has 0 N–H and O–H groups in total. The first-order valence-electron chi connectivity index (χ1n) is 6.63. The Kier molecular flexibility index (Phi) is 3.44. The summed E-state index contributed by atoms with van der Waals surface area (Å²) in [6, 6.07) is 5.18. The molecule has 3 rings (SSSR count). The average Bonchev–Trinajstić information content (AvgIpc) is 2.94. The summed E-state index contributed by atoms with van der Waals surface area (Å²) in [4.78, 5) is 0. The molecule has 0 heterocycles. The molecule has 0 spiro atoms. The fraction of sp³-hybridized carbons (Fsp3) is 0.600. The van der Waals surface area contributed by atoms with Crippen LogP contribution in [0.4, 0.5) is 4.39 Å². The first kappa shape index (κ1) is 12.9. The molecule has 0 radical (unpaired) electrons. The molecule has 0 nitrogen and oxygen atoms in total. The van der Waals surface area contributed by atoms with Crippen LogP contribution in [-0.2, 0) is 6.42 Å². The molecule has 3 atom stereocenters. The molecular formula is C15H17BrClF. The lowest BCUT2D eigenvalue weighted by Gasteiger charge is -2.36. The molecule has 2 aliphatic carbocycles. The molecule has 0 amide bonds. The van der Waals surface area contributed by atoms with Crippen molar-refractivity contribution < 1.29 is 4.39 Å². The zero-order chi connectivity index (χ0) is 12.8. The van der Waals surface area contributed by atoms with Gasteiger partial charge in [-0.2, -0.15) is 0 Å². The van der Waals surface area contributed by atoms with E-state index in [4.69, 9.17) is 11.6 Å². The van der Waals surface area contributed by atoms with Gasteiger partial charge in [0.25, 0.3) is 0 Å². The van der Waals surface area contributed by atoms with Crippen molar-refractivity contribution in [2.24, 2.45) is 17.3 Å². The van der Waals surface area contributed by atoms with Gasteiger partial charge in [0, 0.05) is 5.33 Å². The van der Waals surface area contributed by atoms with Crippen molar-refractivity contribution in [1.29, 1.82) is 0 Å². The Bertz CT molecular complexity index is 462. The number of fused-ring (bicyclic) bond motifs is 2. The summed E-state index contributed by atoms with van der Waals surface area (Å²) < 4.78 is 13.2. The predicted octanol–water partition coefficient (Wildman–Crippen LogP) is 5.22. The molecule has 1 aromatic carbocycles. The van der Waals surface area contributed by atoms with Gasteiger partial charge < -0.3 is 0 Å². The average molecular weight is 332 g/mol. The minimum atomic E-state index is -0.318. The van der Waals surface area contributed by atoms with E-state index in [1.807, 2.05) is 6.07 Å². The van der Waals surface area contributed by atoms with E-state index < -0.39 is 0 Å². The second kappa shape index (κ2) is 4.79. The van der Waals surface area contributed by atoms with Crippen LogP contribution in [0.5, 0.6) is 0 Å². The van der Waals surface area contributed by atoms with Crippen LogP contribution in [0.3, 0.4) is 0 Å². The molecule has 0 aliphatic heterocycles. The summed E-state index contributed by atoms with van der Waals surface area (Å²) in [5, 5.41) is 1.30. The number of alkyl halides is 1. The third kappa shape index (κ3) is 2.12. The summed E-state index contributed by atoms with van der Waals surface area (Å²) >= 11 is 9.60. The monoisotopic (exact) mass is 330 g/mol. The highest BCUT2D eigenvalue weighted by Gasteiger charge is 2.49. The molecule has 3 unspecified atom stereocenters. The van der Waals surface area contributed by atoms with E-state index in [1.54, 1.807) is 6.07 Å². The van der Waals surface area contributed by atoms with Crippen LogP contribution in [0, 0.1) is 23.1 Å². The lowest BCUT2D eigenvalue weighted by atomic mass is 9.71. The summed E-state index contributed by atoms with van der Waals surface area (Å²) in [6.07, 6.45) is 6.51. The van der Waals surface area contributed by atoms with E-state index in [9.17, 15) is 4.39 Å². The molecule has 1 aromatic rings. The van der Waals surface area contributed by atoms with Crippen molar-refractivity contribution in [2.45, 2.75) is 32.1 Å². The van der Waals surface area contributed by atoms with Gasteiger partial charge in [0.15, 0.2) is 0 Å². The molecule has 0 aromatic heterocycles. The maximum atomic E-state index is 13.2. The van der Waals surface area contributed by atoms with E-state index in [0.717, 1.165) is 23.6 Å². The van der Waals surface area contributed by atoms with Crippen molar-refractivity contribution in [3.05, 3.63) is 34.6 Å². The zero-order valence-electron chi connectivity index (χ0n) is 10.3. The molecule has 0 saturated heterocycles. The molecule has 98 valence electrons. The van der Waals surface area contributed by atoms with E-state index in [1.165, 1.54) is 37.3 Å². The molecule has 18 heavy (non-hydrogen) atoms. The third-order valence-corrected chi connectivity index (χ3v) is 6.32. The second-order valence-corrected chi connectivity index (χ2v) is 6.97. The standard InChI is InChI=1S/C15H17BrClF/c16-9-15(7-10-1-3-12(15)5-10)8-11-2-4-14(18)13(17)6-11/h2,4,6,10,12H,1,3,5,7-9H2. The number of halogens is 3. The highest BCUT2D eigenvalue weighted by atomic mass is 79.9. The van der Waals surface area contributed by atoms with Crippen LogP contribution in [0.25, 0.3) is 0 Å². The first-order chi connectivity index (χ1) is 8.63. The van der Waals surface area contributed by atoms with Crippen LogP contribution in [0.15, 0.2) is 18.2 Å². The Morgan fingerprint density at radius 1 is 1.39 bits per heavy atom. The minimum absolute atomic E-state index is 0.250. The van der Waals surface area contributed by atoms with Gasteiger partial charge in [0.1, 0.15) is 5.82 Å². The quantitative estimate of drug-likeness (QED) is 0.666. The fourth-order valence-electron chi connectivity index (χ4n) is 4.04. The predicted molar refractivity (Wildman–Crippen MR) is 76.8 cm³/mol. The van der Waals surface area contributed by atoms with Crippen LogP contribution >= 0.6 is 27.5 Å². The van der Waals surface area contributed by atoms with Crippen molar-refractivity contribution in [2.75, 3.05) is 5.33 Å². The Morgan fingerprint density at radius 3 is 2.78 bits per heavy atom. The largest absolute Gasteiger partial charge is 0.205 e. The van der Waals surface area contributed by atoms with E-state index >= 15 is 0 Å². The van der Waals surface area contributed by atoms with Crippen LogP contribution < -0.4 is 0 Å². The Balaban J connectivity index is 1.84. The molecular weight excluding hydrogens is 315 g/mol. The molecule has 2 saturated carbocycles. The molecule has 2 aliphatic rings. The normalized spacial score (nSPS) is 34.2. The smallest absolute Gasteiger partial charge is 0.141 e. The number of benzene rings is 1. The van der Waals surface area contributed by atoms with E-state index in [2.05, 4.69) is 15.9 Å². The Morgan fingerprint density at radius 2 is 2.22 bits per heavy atom. The zero-order valence-corrected chi connectivity index (χ0v) is 12.6.